The van der Waals surface area contributed by atoms with Gasteiger partial charge in [0.05, 0.1) is 5.56 Å². The Hall–Kier alpha value is -1.35. The molecule has 15 heavy (non-hydrogen) atoms. The normalized spacial score (nSPS) is 12.8. The van der Waals surface area contributed by atoms with Gasteiger partial charge in [0, 0.05) is 6.04 Å². The molecule has 1 aromatic carbocycles. The quantitative estimate of drug-likeness (QED) is 0.797. The summed E-state index contributed by atoms with van der Waals surface area (Å²) in [6.45, 7) is 4.23. The summed E-state index contributed by atoms with van der Waals surface area (Å²) in [6, 6.07) is 6.76. The molecule has 0 aliphatic rings. The van der Waals surface area contributed by atoms with Crippen molar-refractivity contribution in [3.8, 4) is 0 Å². The van der Waals surface area contributed by atoms with Gasteiger partial charge in [-0.2, -0.15) is 0 Å². The van der Waals surface area contributed by atoms with Crippen molar-refractivity contribution in [2.24, 2.45) is 11.7 Å². The van der Waals surface area contributed by atoms with E-state index in [1.165, 1.54) is 0 Å². The molecule has 3 heteroatoms. The van der Waals surface area contributed by atoms with Crippen LogP contribution in [0, 0.1) is 5.92 Å². The molecule has 1 rings (SSSR count). The monoisotopic (exact) mass is 207 g/mol. The second kappa shape index (κ2) is 4.94. The molecule has 0 amide bonds. The molecular weight excluding hydrogens is 190 g/mol. The molecule has 0 aliphatic heterocycles. The molecule has 1 atom stereocenters. The largest absolute Gasteiger partial charge is 0.478 e. The van der Waals surface area contributed by atoms with Gasteiger partial charge in [0.1, 0.15) is 0 Å². The lowest BCUT2D eigenvalue weighted by Crippen LogP contribution is -2.13. The number of nitrogens with two attached hydrogens (primary N) is 1. The van der Waals surface area contributed by atoms with Crippen molar-refractivity contribution in [1.82, 2.24) is 0 Å². The number of carboxylic acid groups (broad SMARTS) is 1. The van der Waals surface area contributed by atoms with Crippen LogP contribution >= 0.6 is 0 Å². The van der Waals surface area contributed by atoms with Gasteiger partial charge in [-0.05, 0) is 30.0 Å². The minimum absolute atomic E-state index is 0.00663. The summed E-state index contributed by atoms with van der Waals surface area (Å²) in [5.74, 6) is -0.363. The lowest BCUT2D eigenvalue weighted by Gasteiger charge is -2.14. The smallest absolute Gasteiger partial charge is 0.335 e. The maximum Gasteiger partial charge on any atom is 0.335 e. The summed E-state index contributed by atoms with van der Waals surface area (Å²) in [6.07, 6.45) is 0.909. The Kier molecular flexibility index (Phi) is 3.86. The van der Waals surface area contributed by atoms with Gasteiger partial charge in [0.15, 0.2) is 0 Å². The van der Waals surface area contributed by atoms with Crippen molar-refractivity contribution in [2.45, 2.75) is 26.3 Å². The van der Waals surface area contributed by atoms with Crippen molar-refractivity contribution in [3.63, 3.8) is 0 Å². The first-order valence-corrected chi connectivity index (χ1v) is 5.09. The van der Waals surface area contributed by atoms with Crippen molar-refractivity contribution in [2.75, 3.05) is 0 Å². The molecule has 82 valence electrons. The Morgan fingerprint density at radius 3 is 2.27 bits per heavy atom. The number of aromatic carboxylic acids is 1. The zero-order valence-corrected chi connectivity index (χ0v) is 9.10. The fourth-order valence-corrected chi connectivity index (χ4v) is 1.52. The fourth-order valence-electron chi connectivity index (χ4n) is 1.52. The molecule has 0 heterocycles. The van der Waals surface area contributed by atoms with Crippen LogP contribution in [-0.4, -0.2) is 11.1 Å². The fraction of sp³-hybridized carbons (Fsp3) is 0.417. The van der Waals surface area contributed by atoms with Gasteiger partial charge in [-0.3, -0.25) is 0 Å². The van der Waals surface area contributed by atoms with Gasteiger partial charge < -0.3 is 10.8 Å². The molecule has 0 fully saturated rings. The van der Waals surface area contributed by atoms with Gasteiger partial charge in [-0.1, -0.05) is 26.0 Å². The van der Waals surface area contributed by atoms with Crippen molar-refractivity contribution >= 4 is 5.97 Å². The van der Waals surface area contributed by atoms with Gasteiger partial charge in [-0.25, -0.2) is 4.79 Å². The van der Waals surface area contributed by atoms with E-state index in [1.807, 2.05) is 0 Å². The lowest BCUT2D eigenvalue weighted by atomic mass is 9.97. The Bertz CT molecular complexity index is 330. The topological polar surface area (TPSA) is 63.3 Å². The Morgan fingerprint density at radius 1 is 1.33 bits per heavy atom. The molecule has 1 unspecified atom stereocenters. The average Bonchev–Trinajstić information content (AvgIpc) is 2.17. The maximum atomic E-state index is 10.6. The summed E-state index contributed by atoms with van der Waals surface area (Å²) in [5.41, 5.74) is 7.27. The van der Waals surface area contributed by atoms with Gasteiger partial charge in [-0.15, -0.1) is 0 Å². The Morgan fingerprint density at radius 2 is 1.87 bits per heavy atom. The molecule has 0 aliphatic carbocycles. The van der Waals surface area contributed by atoms with Crippen molar-refractivity contribution in [1.29, 1.82) is 0 Å². The van der Waals surface area contributed by atoms with Crippen molar-refractivity contribution in [3.05, 3.63) is 35.4 Å². The summed E-state index contributed by atoms with van der Waals surface area (Å²) < 4.78 is 0. The van der Waals surface area contributed by atoms with E-state index < -0.39 is 5.97 Å². The Balaban J connectivity index is 2.75. The van der Waals surface area contributed by atoms with Crippen LogP contribution in [0.1, 0.15) is 42.2 Å². The van der Waals surface area contributed by atoms with Crippen LogP contribution in [0.25, 0.3) is 0 Å². The number of carbonyl (C=O) groups is 1. The number of carboxylic acids is 1. The summed E-state index contributed by atoms with van der Waals surface area (Å²) >= 11 is 0. The molecule has 0 spiro atoms. The zero-order valence-electron chi connectivity index (χ0n) is 9.10. The van der Waals surface area contributed by atoms with Crippen LogP contribution in [0.15, 0.2) is 24.3 Å². The van der Waals surface area contributed by atoms with Crippen LogP contribution < -0.4 is 5.73 Å². The first kappa shape index (κ1) is 11.7. The van der Waals surface area contributed by atoms with Gasteiger partial charge >= 0.3 is 5.97 Å². The van der Waals surface area contributed by atoms with E-state index in [0.29, 0.717) is 11.5 Å². The molecule has 0 saturated heterocycles. The van der Waals surface area contributed by atoms with E-state index in [-0.39, 0.29) is 6.04 Å². The van der Waals surface area contributed by atoms with Crippen LogP contribution in [-0.2, 0) is 0 Å². The van der Waals surface area contributed by atoms with Crippen LogP contribution in [0.4, 0.5) is 0 Å². The molecule has 0 saturated carbocycles. The molecular formula is C12H17NO2. The van der Waals surface area contributed by atoms with E-state index >= 15 is 0 Å². The molecule has 1 aromatic rings. The summed E-state index contributed by atoms with van der Waals surface area (Å²) in [5, 5.41) is 8.73. The third kappa shape index (κ3) is 3.36. The van der Waals surface area contributed by atoms with E-state index in [1.54, 1.807) is 24.3 Å². The maximum absolute atomic E-state index is 10.6. The molecule has 3 nitrogen and oxygen atoms in total. The highest BCUT2D eigenvalue weighted by Crippen LogP contribution is 2.18. The summed E-state index contributed by atoms with van der Waals surface area (Å²) in [4.78, 5) is 10.6. The second-order valence-electron chi connectivity index (χ2n) is 4.16. The lowest BCUT2D eigenvalue weighted by molar-refractivity contribution is 0.0697. The van der Waals surface area contributed by atoms with Crippen LogP contribution in [0.3, 0.4) is 0 Å². The standard InChI is InChI=1S/C12H17NO2/c1-8(2)7-11(13)9-3-5-10(6-4-9)12(14)15/h3-6,8,11H,7,13H2,1-2H3,(H,14,15). The highest BCUT2D eigenvalue weighted by molar-refractivity contribution is 5.87. The predicted molar refractivity (Wildman–Crippen MR) is 59.8 cm³/mol. The van der Waals surface area contributed by atoms with Crippen molar-refractivity contribution < 1.29 is 9.90 Å². The number of hydrogen-bond acceptors (Lipinski definition) is 2. The first-order valence-electron chi connectivity index (χ1n) is 5.09. The molecule has 0 bridgehead atoms. The highest BCUT2D eigenvalue weighted by Gasteiger charge is 2.09. The van der Waals surface area contributed by atoms with Gasteiger partial charge in [0.25, 0.3) is 0 Å². The molecule has 3 N–H and O–H groups in total. The highest BCUT2D eigenvalue weighted by atomic mass is 16.4. The minimum Gasteiger partial charge on any atom is -0.478 e. The van der Waals surface area contributed by atoms with Gasteiger partial charge in [0.2, 0.25) is 0 Å². The van der Waals surface area contributed by atoms with E-state index in [9.17, 15) is 4.79 Å². The van der Waals surface area contributed by atoms with Crippen LogP contribution in [0.5, 0.6) is 0 Å². The minimum atomic E-state index is -0.904. The summed E-state index contributed by atoms with van der Waals surface area (Å²) in [7, 11) is 0. The zero-order chi connectivity index (χ0) is 11.4. The second-order valence-corrected chi connectivity index (χ2v) is 4.16. The van der Waals surface area contributed by atoms with Crippen LogP contribution in [0.2, 0.25) is 0 Å². The number of benzene rings is 1. The number of hydrogen-bond donors (Lipinski definition) is 2. The Labute approximate surface area is 89.9 Å². The molecule has 0 aromatic heterocycles. The predicted octanol–water partition coefficient (Wildman–Crippen LogP) is 2.43. The SMILES string of the molecule is CC(C)CC(N)c1ccc(C(=O)O)cc1. The average molecular weight is 207 g/mol. The third-order valence-corrected chi connectivity index (χ3v) is 2.31. The molecule has 0 radical (unpaired) electrons. The van der Waals surface area contributed by atoms with E-state index in [0.717, 1.165) is 12.0 Å². The van der Waals surface area contributed by atoms with E-state index in [4.69, 9.17) is 10.8 Å². The first-order chi connectivity index (χ1) is 7.00. The number of rotatable bonds is 4. The third-order valence-electron chi connectivity index (χ3n) is 2.31. The van der Waals surface area contributed by atoms with E-state index in [2.05, 4.69) is 13.8 Å².